The lowest BCUT2D eigenvalue weighted by Gasteiger charge is -2.30. The van der Waals surface area contributed by atoms with Gasteiger partial charge in [0.2, 0.25) is 11.8 Å². The number of carbonyl (C=O) groups excluding carboxylic acids is 4. The summed E-state index contributed by atoms with van der Waals surface area (Å²) in [6.45, 7) is 5.98. The van der Waals surface area contributed by atoms with Crippen LogP contribution >= 0.6 is 0 Å². The van der Waals surface area contributed by atoms with E-state index in [-0.39, 0.29) is 13.0 Å². The predicted molar refractivity (Wildman–Crippen MR) is 163 cm³/mol. The van der Waals surface area contributed by atoms with Crippen LogP contribution in [0, 0.1) is 0 Å². The molecule has 2 fully saturated rings. The Labute approximate surface area is 260 Å². The molecule has 4 amide bonds. The first-order valence-electron chi connectivity index (χ1n) is 15.9. The number of nitrogens with zero attached hydrogens (tertiary/aromatic N) is 2. The van der Waals surface area contributed by atoms with E-state index in [0.29, 0.717) is 32.4 Å². The van der Waals surface area contributed by atoms with Gasteiger partial charge in [-0.05, 0) is 44.7 Å². The van der Waals surface area contributed by atoms with Crippen molar-refractivity contribution in [3.05, 3.63) is 35.4 Å². The lowest BCUT2D eigenvalue weighted by molar-refractivity contribution is -0.140. The van der Waals surface area contributed by atoms with E-state index in [1.807, 2.05) is 24.3 Å². The van der Waals surface area contributed by atoms with Gasteiger partial charge in [0.25, 0.3) is 0 Å². The van der Waals surface area contributed by atoms with Crippen molar-refractivity contribution in [2.24, 2.45) is 0 Å². The summed E-state index contributed by atoms with van der Waals surface area (Å²) < 4.78 is 11.3. The Morgan fingerprint density at radius 1 is 0.955 bits per heavy atom. The molecule has 1 aromatic carbocycles. The third-order valence-electron chi connectivity index (χ3n) is 8.40. The lowest BCUT2D eigenvalue weighted by atomic mass is 9.76. The molecule has 0 saturated carbocycles. The van der Waals surface area contributed by atoms with Crippen LogP contribution in [-0.4, -0.2) is 87.2 Å². The first-order chi connectivity index (χ1) is 20.9. The molecular formula is C31H47BN4O8. The van der Waals surface area contributed by atoms with Crippen molar-refractivity contribution in [3.63, 3.8) is 0 Å². The number of alkyl carbamates (subject to hydrolysis) is 1. The van der Waals surface area contributed by atoms with Gasteiger partial charge in [-0.15, -0.1) is 0 Å². The summed E-state index contributed by atoms with van der Waals surface area (Å²) in [5.41, 5.74) is 1.31. The van der Waals surface area contributed by atoms with Crippen LogP contribution in [0.5, 0.6) is 0 Å². The SMILES string of the molecule is CC(C)(C)OC(=O)N[C@H]1CCCCCCCCC[C@@H](B(O)O)NC(=O)[C@@H]2C[C@@H](OC(=O)N3Cc4ccccc4C3)CN2C1=O. The van der Waals surface area contributed by atoms with Crippen LogP contribution in [-0.2, 0) is 32.2 Å². The zero-order valence-electron chi connectivity index (χ0n) is 26.1. The highest BCUT2D eigenvalue weighted by Crippen LogP contribution is 2.27. The molecule has 0 unspecified atom stereocenters. The number of hydrogen-bond donors (Lipinski definition) is 4. The van der Waals surface area contributed by atoms with E-state index in [4.69, 9.17) is 9.47 Å². The molecule has 3 aliphatic rings. The molecule has 12 nitrogen and oxygen atoms in total. The van der Waals surface area contributed by atoms with Crippen molar-refractivity contribution in [2.45, 2.75) is 128 Å². The summed E-state index contributed by atoms with van der Waals surface area (Å²) >= 11 is 0. The lowest BCUT2D eigenvalue weighted by Crippen LogP contribution is -2.56. The van der Waals surface area contributed by atoms with Gasteiger partial charge in [-0.25, -0.2) is 9.59 Å². The van der Waals surface area contributed by atoms with Crippen LogP contribution in [0.1, 0.15) is 96.1 Å². The summed E-state index contributed by atoms with van der Waals surface area (Å²) in [5, 5.41) is 25.4. The fourth-order valence-corrected chi connectivity index (χ4v) is 6.13. The normalized spacial score (nSPS) is 25.5. The van der Waals surface area contributed by atoms with Crippen LogP contribution in [0.25, 0.3) is 0 Å². The molecular weight excluding hydrogens is 567 g/mol. The van der Waals surface area contributed by atoms with Gasteiger partial charge in [0.05, 0.1) is 12.5 Å². The smallest absolute Gasteiger partial charge is 0.444 e. The number of carbonyl (C=O) groups is 4. The Kier molecular flexibility index (Phi) is 11.5. The van der Waals surface area contributed by atoms with Gasteiger partial charge in [-0.1, -0.05) is 69.2 Å². The Hall–Kier alpha value is -3.32. The third-order valence-corrected chi connectivity index (χ3v) is 8.40. The van der Waals surface area contributed by atoms with Crippen LogP contribution < -0.4 is 10.6 Å². The Bertz CT molecular complexity index is 1150. The average Bonchev–Trinajstić information content (AvgIpc) is 3.57. The van der Waals surface area contributed by atoms with Crippen molar-refractivity contribution in [3.8, 4) is 0 Å². The minimum absolute atomic E-state index is 0.0392. The summed E-state index contributed by atoms with van der Waals surface area (Å²) in [6, 6.07) is 5.77. The minimum Gasteiger partial charge on any atom is -0.444 e. The first kappa shape index (κ1) is 33.6. The standard InChI is InChI=1S/C31H47BN4O8/c1-31(2,3)44-29(39)33-24-15-9-7-5-4-6-8-10-16-26(32(41)42)34-27(37)25-17-23(20-36(25)28(24)38)43-30(40)35-18-21-13-11-12-14-22(21)19-35/h11-14,23-26,41-42H,4-10,15-20H2,1-3H3,(H,33,39)(H,34,37)/t23-,24+,25+,26+/m1/s1. The molecule has 13 heteroatoms. The highest BCUT2D eigenvalue weighted by molar-refractivity contribution is 6.43. The molecule has 4 rings (SSSR count). The topological polar surface area (TPSA) is 158 Å². The Morgan fingerprint density at radius 3 is 2.14 bits per heavy atom. The molecule has 0 radical (unpaired) electrons. The van der Waals surface area contributed by atoms with Crippen molar-refractivity contribution in [1.82, 2.24) is 20.4 Å². The molecule has 1 aromatic rings. The van der Waals surface area contributed by atoms with Crippen molar-refractivity contribution in [1.29, 1.82) is 0 Å². The number of nitrogens with one attached hydrogen (secondary N) is 2. The summed E-state index contributed by atoms with van der Waals surface area (Å²) in [7, 11) is -1.77. The van der Waals surface area contributed by atoms with E-state index in [1.54, 1.807) is 25.7 Å². The number of amides is 4. The van der Waals surface area contributed by atoms with Gasteiger partial charge >= 0.3 is 19.3 Å². The molecule has 3 heterocycles. The minimum atomic E-state index is -1.77. The summed E-state index contributed by atoms with van der Waals surface area (Å²) in [4.78, 5) is 56.5. The average molecular weight is 615 g/mol. The first-order valence-corrected chi connectivity index (χ1v) is 15.9. The van der Waals surface area contributed by atoms with Crippen molar-refractivity contribution < 1.29 is 38.7 Å². The van der Waals surface area contributed by atoms with Gasteiger partial charge < -0.3 is 35.1 Å². The largest absolute Gasteiger partial charge is 0.475 e. The third kappa shape index (κ3) is 9.34. The van der Waals surface area contributed by atoms with Crippen LogP contribution in [0.3, 0.4) is 0 Å². The quantitative estimate of drug-likeness (QED) is 0.379. The molecule has 0 aliphatic carbocycles. The number of fused-ring (bicyclic) bond motifs is 2. The van der Waals surface area contributed by atoms with Crippen LogP contribution in [0.15, 0.2) is 24.3 Å². The Morgan fingerprint density at radius 2 is 1.55 bits per heavy atom. The fourth-order valence-electron chi connectivity index (χ4n) is 6.13. The maximum absolute atomic E-state index is 14.0. The molecule has 4 N–H and O–H groups in total. The highest BCUT2D eigenvalue weighted by Gasteiger charge is 2.45. The zero-order valence-corrected chi connectivity index (χ0v) is 26.1. The molecule has 0 spiro atoms. The molecule has 2 saturated heterocycles. The maximum Gasteiger partial charge on any atom is 0.475 e. The zero-order chi connectivity index (χ0) is 31.9. The summed E-state index contributed by atoms with van der Waals surface area (Å²) in [5.74, 6) is -1.95. The second kappa shape index (κ2) is 15.1. The van der Waals surface area contributed by atoms with E-state index < -0.39 is 60.8 Å². The van der Waals surface area contributed by atoms with Gasteiger partial charge in [0, 0.05) is 19.5 Å². The van der Waals surface area contributed by atoms with Crippen LogP contribution in [0.2, 0.25) is 0 Å². The van der Waals surface area contributed by atoms with Gasteiger partial charge in [-0.3, -0.25) is 14.5 Å². The second-order valence-electron chi connectivity index (χ2n) is 13.2. The van der Waals surface area contributed by atoms with E-state index in [1.165, 1.54) is 4.90 Å². The second-order valence-corrected chi connectivity index (χ2v) is 13.2. The Balaban J connectivity index is 1.53. The molecule has 0 bridgehead atoms. The predicted octanol–water partition coefficient (Wildman–Crippen LogP) is 3.02. The van der Waals surface area contributed by atoms with Gasteiger partial charge in [0.15, 0.2) is 0 Å². The highest BCUT2D eigenvalue weighted by atomic mass is 16.6. The molecule has 44 heavy (non-hydrogen) atoms. The van der Waals surface area contributed by atoms with E-state index >= 15 is 0 Å². The monoisotopic (exact) mass is 614 g/mol. The molecule has 0 aromatic heterocycles. The van der Waals surface area contributed by atoms with Crippen molar-refractivity contribution in [2.75, 3.05) is 6.54 Å². The number of hydrogen-bond acceptors (Lipinski definition) is 8. The fraction of sp³-hybridized carbons (Fsp3) is 0.677. The van der Waals surface area contributed by atoms with E-state index in [2.05, 4.69) is 10.6 Å². The van der Waals surface area contributed by atoms with E-state index in [9.17, 15) is 29.2 Å². The maximum atomic E-state index is 14.0. The van der Waals surface area contributed by atoms with Gasteiger partial charge in [0.1, 0.15) is 23.8 Å². The summed E-state index contributed by atoms with van der Waals surface area (Å²) in [6.07, 6.45) is 4.88. The molecule has 242 valence electrons. The molecule has 3 aliphatic heterocycles. The van der Waals surface area contributed by atoms with Crippen molar-refractivity contribution >= 4 is 31.1 Å². The van der Waals surface area contributed by atoms with E-state index in [0.717, 1.165) is 49.7 Å². The van der Waals surface area contributed by atoms with Crippen LogP contribution in [0.4, 0.5) is 9.59 Å². The van der Waals surface area contributed by atoms with Gasteiger partial charge in [-0.2, -0.15) is 0 Å². The number of ether oxygens (including phenoxy) is 2. The number of rotatable bonds is 3. The number of benzene rings is 1. The molecule has 4 atom stereocenters.